The van der Waals surface area contributed by atoms with Gasteiger partial charge in [0.05, 0.1) is 31.7 Å². The molecule has 0 bridgehead atoms. The number of rotatable bonds is 6. The SMILES string of the molecule is COc1ccc(OC)c(C(=O)C2C(C(=O)c3ccc(C)cc3)C3(C(=O)Nc4ccccc43)C3c4ccccc4C=CN23)c1. The van der Waals surface area contributed by atoms with Crippen molar-refractivity contribution in [3.63, 3.8) is 0 Å². The number of para-hydroxylation sites is 1. The van der Waals surface area contributed by atoms with Gasteiger partial charge in [0.1, 0.15) is 23.0 Å². The molecule has 0 saturated carbocycles. The van der Waals surface area contributed by atoms with Gasteiger partial charge >= 0.3 is 0 Å². The van der Waals surface area contributed by atoms with Crippen LogP contribution < -0.4 is 14.8 Å². The maximum Gasteiger partial charge on any atom is 0.238 e. The number of fused-ring (bicyclic) bond motifs is 6. The van der Waals surface area contributed by atoms with Crippen LogP contribution in [0.1, 0.15) is 49.0 Å². The lowest BCUT2D eigenvalue weighted by molar-refractivity contribution is -0.122. The Balaban J connectivity index is 1.54. The Morgan fingerprint density at radius 2 is 1.60 bits per heavy atom. The number of ketones is 2. The van der Waals surface area contributed by atoms with Crippen molar-refractivity contribution in [3.8, 4) is 11.5 Å². The predicted molar refractivity (Wildman–Crippen MR) is 163 cm³/mol. The molecule has 1 amide bonds. The summed E-state index contributed by atoms with van der Waals surface area (Å²) in [5, 5.41) is 3.08. The zero-order chi connectivity index (χ0) is 29.9. The number of methoxy groups -OCH3 is 2. The Kier molecular flexibility index (Phi) is 6.20. The highest BCUT2D eigenvalue weighted by atomic mass is 16.5. The van der Waals surface area contributed by atoms with Crippen LogP contribution in [0.3, 0.4) is 0 Å². The van der Waals surface area contributed by atoms with Gasteiger partial charge in [-0.25, -0.2) is 0 Å². The predicted octanol–water partition coefficient (Wildman–Crippen LogP) is 5.99. The van der Waals surface area contributed by atoms with Gasteiger partial charge in [0.2, 0.25) is 5.91 Å². The van der Waals surface area contributed by atoms with E-state index in [2.05, 4.69) is 5.32 Å². The van der Waals surface area contributed by atoms with E-state index in [1.165, 1.54) is 14.2 Å². The summed E-state index contributed by atoms with van der Waals surface area (Å²) < 4.78 is 11.1. The standard InChI is InChI=1S/C36H30N2O5/c1-21-12-14-23(15-13-21)32(39)30-31(33(40)26-20-24(42-2)16-17-29(26)43-3)38-19-18-22-8-4-5-9-25(22)34(38)36(30)27-10-6-7-11-28(27)37-35(36)41/h4-20,30-31,34H,1-3H3,(H,37,41). The summed E-state index contributed by atoms with van der Waals surface area (Å²) in [5.74, 6) is -1.12. The molecule has 1 N–H and O–H groups in total. The zero-order valence-corrected chi connectivity index (χ0v) is 24.0. The first kappa shape index (κ1) is 26.7. The first-order chi connectivity index (χ1) is 20.9. The van der Waals surface area contributed by atoms with E-state index in [-0.39, 0.29) is 23.0 Å². The van der Waals surface area contributed by atoms with Crippen LogP contribution in [0.2, 0.25) is 0 Å². The van der Waals surface area contributed by atoms with Crippen LogP contribution in [0, 0.1) is 12.8 Å². The summed E-state index contributed by atoms with van der Waals surface area (Å²) in [6, 6.07) is 26.1. The molecule has 3 aliphatic heterocycles. The normalized spacial score (nSPS) is 22.9. The number of hydrogen-bond acceptors (Lipinski definition) is 6. The van der Waals surface area contributed by atoms with Crippen molar-refractivity contribution in [2.45, 2.75) is 24.4 Å². The fraction of sp³-hybridized carbons (Fsp3) is 0.194. The molecule has 43 heavy (non-hydrogen) atoms. The molecular formula is C36H30N2O5. The Morgan fingerprint density at radius 3 is 2.37 bits per heavy atom. The summed E-state index contributed by atoms with van der Waals surface area (Å²) in [7, 11) is 3.04. The van der Waals surface area contributed by atoms with Crippen LogP contribution in [-0.2, 0) is 10.2 Å². The Labute approximate surface area is 249 Å². The van der Waals surface area contributed by atoms with Gasteiger partial charge in [0.25, 0.3) is 0 Å². The van der Waals surface area contributed by atoms with Crippen LogP contribution in [0.15, 0.2) is 97.2 Å². The second-order valence-corrected chi connectivity index (χ2v) is 11.2. The average Bonchev–Trinajstić information content (AvgIpc) is 3.52. The molecular weight excluding hydrogens is 540 g/mol. The molecule has 214 valence electrons. The van der Waals surface area contributed by atoms with Gasteiger partial charge in [-0.15, -0.1) is 0 Å². The molecule has 1 saturated heterocycles. The van der Waals surface area contributed by atoms with Crippen LogP contribution >= 0.6 is 0 Å². The molecule has 3 heterocycles. The molecule has 3 aliphatic rings. The third-order valence-electron chi connectivity index (χ3n) is 9.13. The van der Waals surface area contributed by atoms with Crippen LogP contribution in [0.5, 0.6) is 11.5 Å². The Bertz CT molecular complexity index is 1830. The fourth-order valence-corrected chi connectivity index (χ4v) is 7.23. The minimum Gasteiger partial charge on any atom is -0.497 e. The molecule has 0 aromatic heterocycles. The number of Topliss-reactive ketones (excluding diaryl/α,β-unsaturated/α-hetero) is 2. The lowest BCUT2D eigenvalue weighted by Crippen LogP contribution is -2.49. The number of carbonyl (C=O) groups excluding carboxylic acids is 3. The van der Waals surface area contributed by atoms with Crippen molar-refractivity contribution in [1.82, 2.24) is 4.90 Å². The van der Waals surface area contributed by atoms with E-state index >= 15 is 0 Å². The smallest absolute Gasteiger partial charge is 0.238 e. The lowest BCUT2D eigenvalue weighted by atomic mass is 9.62. The number of anilines is 1. The van der Waals surface area contributed by atoms with E-state index in [9.17, 15) is 14.4 Å². The number of nitrogens with one attached hydrogen (secondary N) is 1. The monoisotopic (exact) mass is 570 g/mol. The maximum absolute atomic E-state index is 14.9. The largest absolute Gasteiger partial charge is 0.497 e. The van der Waals surface area contributed by atoms with Gasteiger partial charge in [-0.2, -0.15) is 0 Å². The number of nitrogens with zero attached hydrogens (tertiary/aromatic N) is 1. The third-order valence-corrected chi connectivity index (χ3v) is 9.13. The van der Waals surface area contributed by atoms with E-state index in [0.717, 1.165) is 16.7 Å². The average molecular weight is 571 g/mol. The number of aryl methyl sites for hydroxylation is 1. The molecule has 4 aromatic carbocycles. The zero-order valence-electron chi connectivity index (χ0n) is 24.0. The number of carbonyl (C=O) groups is 3. The van der Waals surface area contributed by atoms with Crippen molar-refractivity contribution in [2.24, 2.45) is 5.92 Å². The number of benzene rings is 4. The van der Waals surface area contributed by atoms with Gasteiger partial charge in [-0.3, -0.25) is 14.4 Å². The van der Waals surface area contributed by atoms with E-state index in [0.29, 0.717) is 28.3 Å². The van der Waals surface area contributed by atoms with Gasteiger partial charge in [0, 0.05) is 17.5 Å². The van der Waals surface area contributed by atoms with E-state index in [1.54, 1.807) is 30.3 Å². The number of amides is 1. The molecule has 7 rings (SSSR count). The lowest BCUT2D eigenvalue weighted by Gasteiger charge is -2.38. The molecule has 1 spiro atoms. The quantitative estimate of drug-likeness (QED) is 0.287. The first-order valence-corrected chi connectivity index (χ1v) is 14.2. The molecule has 4 aromatic rings. The van der Waals surface area contributed by atoms with Crippen molar-refractivity contribution in [1.29, 1.82) is 0 Å². The second kappa shape index (κ2) is 9.98. The summed E-state index contributed by atoms with van der Waals surface area (Å²) in [4.78, 5) is 46.3. The van der Waals surface area contributed by atoms with Gasteiger partial charge in [-0.1, -0.05) is 72.3 Å². The number of hydrogen-bond donors (Lipinski definition) is 1. The molecule has 7 nitrogen and oxygen atoms in total. The first-order valence-electron chi connectivity index (χ1n) is 14.2. The van der Waals surface area contributed by atoms with Crippen molar-refractivity contribution < 1.29 is 23.9 Å². The molecule has 7 heteroatoms. The molecule has 0 radical (unpaired) electrons. The summed E-state index contributed by atoms with van der Waals surface area (Å²) in [6.07, 6.45) is 3.81. The Hall–Kier alpha value is -5.17. The van der Waals surface area contributed by atoms with Crippen LogP contribution in [0.25, 0.3) is 6.08 Å². The highest BCUT2D eigenvalue weighted by Crippen LogP contribution is 2.62. The minimum absolute atomic E-state index is 0.271. The van der Waals surface area contributed by atoms with E-state index < -0.39 is 23.4 Å². The topological polar surface area (TPSA) is 84.9 Å². The van der Waals surface area contributed by atoms with E-state index in [1.807, 2.05) is 84.8 Å². The van der Waals surface area contributed by atoms with Crippen molar-refractivity contribution in [2.75, 3.05) is 19.5 Å². The fourth-order valence-electron chi connectivity index (χ4n) is 7.23. The van der Waals surface area contributed by atoms with Crippen LogP contribution in [0.4, 0.5) is 5.69 Å². The second-order valence-electron chi connectivity index (χ2n) is 11.2. The molecule has 4 atom stereocenters. The summed E-state index contributed by atoms with van der Waals surface area (Å²) in [6.45, 7) is 1.95. The molecule has 1 fully saturated rings. The number of ether oxygens (including phenoxy) is 2. The van der Waals surface area contributed by atoms with E-state index in [4.69, 9.17) is 9.47 Å². The van der Waals surface area contributed by atoms with Crippen molar-refractivity contribution >= 4 is 29.2 Å². The summed E-state index contributed by atoms with van der Waals surface area (Å²) >= 11 is 0. The third kappa shape index (κ3) is 3.77. The highest BCUT2D eigenvalue weighted by molar-refractivity contribution is 6.17. The minimum atomic E-state index is -1.40. The maximum atomic E-state index is 14.9. The molecule has 0 aliphatic carbocycles. The van der Waals surface area contributed by atoms with Gasteiger partial charge < -0.3 is 19.7 Å². The highest BCUT2D eigenvalue weighted by Gasteiger charge is 2.70. The Morgan fingerprint density at radius 1 is 0.860 bits per heavy atom. The summed E-state index contributed by atoms with van der Waals surface area (Å²) in [5.41, 5.74) is 3.51. The van der Waals surface area contributed by atoms with Gasteiger partial charge in [0.15, 0.2) is 11.6 Å². The van der Waals surface area contributed by atoms with Crippen molar-refractivity contribution in [3.05, 3.63) is 131 Å². The molecule has 4 unspecified atom stereocenters. The van der Waals surface area contributed by atoms with Gasteiger partial charge in [-0.05, 0) is 54.0 Å². The van der Waals surface area contributed by atoms with Crippen LogP contribution in [-0.4, -0.2) is 42.6 Å².